The molecule has 0 unspecified atom stereocenters. The molecule has 6 nitrogen and oxygen atoms in total. The standard InChI is InChI=1S/C9H15NO5/c1-9(2)14-6(3-11)7(15-9)5-4-13-8(12)10-5/h5-7,11H,3-4H2,1-2H3,(H,10,12)/t5-,6-,7-/m1/s1. The van der Waals surface area contributed by atoms with Gasteiger partial charge < -0.3 is 24.6 Å². The van der Waals surface area contributed by atoms with Crippen molar-refractivity contribution in [2.24, 2.45) is 0 Å². The maximum Gasteiger partial charge on any atom is 0.407 e. The van der Waals surface area contributed by atoms with Crippen LogP contribution in [-0.4, -0.2) is 48.5 Å². The SMILES string of the molecule is CC1(C)O[C@H]([C@H]2COC(=O)N2)[C@@H](CO)O1. The summed E-state index contributed by atoms with van der Waals surface area (Å²) in [7, 11) is 0. The van der Waals surface area contributed by atoms with Crippen molar-refractivity contribution in [3.8, 4) is 0 Å². The van der Waals surface area contributed by atoms with E-state index in [0.717, 1.165) is 0 Å². The molecule has 0 radical (unpaired) electrons. The molecule has 0 aromatic heterocycles. The molecule has 0 bridgehead atoms. The van der Waals surface area contributed by atoms with Crippen LogP contribution in [0.15, 0.2) is 0 Å². The zero-order chi connectivity index (χ0) is 11.1. The first kappa shape index (κ1) is 10.7. The molecule has 2 N–H and O–H groups in total. The minimum Gasteiger partial charge on any atom is -0.447 e. The molecule has 0 aliphatic carbocycles. The highest BCUT2D eigenvalue weighted by atomic mass is 16.8. The van der Waals surface area contributed by atoms with Gasteiger partial charge in [-0.25, -0.2) is 4.79 Å². The summed E-state index contributed by atoms with van der Waals surface area (Å²) < 4.78 is 15.9. The van der Waals surface area contributed by atoms with E-state index < -0.39 is 18.0 Å². The van der Waals surface area contributed by atoms with Crippen LogP contribution in [0.4, 0.5) is 4.79 Å². The summed E-state index contributed by atoms with van der Waals surface area (Å²) in [5.74, 6) is -0.731. The highest BCUT2D eigenvalue weighted by Crippen LogP contribution is 2.30. The Bertz CT molecular complexity index is 267. The molecule has 15 heavy (non-hydrogen) atoms. The van der Waals surface area contributed by atoms with Crippen LogP contribution in [0.1, 0.15) is 13.8 Å². The number of alkyl carbamates (subject to hydrolysis) is 1. The quantitative estimate of drug-likeness (QED) is 0.658. The van der Waals surface area contributed by atoms with E-state index in [4.69, 9.17) is 19.3 Å². The summed E-state index contributed by atoms with van der Waals surface area (Å²) in [5, 5.41) is 11.8. The summed E-state index contributed by atoms with van der Waals surface area (Å²) in [4.78, 5) is 10.9. The van der Waals surface area contributed by atoms with Gasteiger partial charge in [0.2, 0.25) is 0 Å². The zero-order valence-corrected chi connectivity index (χ0v) is 8.73. The van der Waals surface area contributed by atoms with Crippen LogP contribution in [0, 0.1) is 0 Å². The van der Waals surface area contributed by atoms with Crippen molar-refractivity contribution in [2.45, 2.75) is 37.9 Å². The van der Waals surface area contributed by atoms with Crippen molar-refractivity contribution in [2.75, 3.05) is 13.2 Å². The molecule has 0 spiro atoms. The summed E-state index contributed by atoms with van der Waals surface area (Å²) in [6.45, 7) is 3.65. The van der Waals surface area contributed by atoms with Gasteiger partial charge in [-0.05, 0) is 13.8 Å². The molecule has 3 atom stereocenters. The van der Waals surface area contributed by atoms with Crippen molar-refractivity contribution in [1.29, 1.82) is 0 Å². The number of ether oxygens (including phenoxy) is 3. The number of carbonyl (C=O) groups excluding carboxylic acids is 1. The number of aliphatic hydroxyl groups excluding tert-OH is 1. The van der Waals surface area contributed by atoms with Crippen molar-refractivity contribution in [3.63, 3.8) is 0 Å². The van der Waals surface area contributed by atoms with Crippen molar-refractivity contribution in [3.05, 3.63) is 0 Å². The summed E-state index contributed by atoms with van der Waals surface area (Å²) >= 11 is 0. The molecule has 2 fully saturated rings. The fourth-order valence-electron chi connectivity index (χ4n) is 1.92. The van der Waals surface area contributed by atoms with Crippen LogP contribution in [0.2, 0.25) is 0 Å². The van der Waals surface area contributed by atoms with E-state index in [2.05, 4.69) is 5.32 Å². The Labute approximate surface area is 87.5 Å². The second-order valence-electron chi connectivity index (χ2n) is 4.17. The molecule has 2 aliphatic heterocycles. The monoisotopic (exact) mass is 217 g/mol. The predicted molar refractivity (Wildman–Crippen MR) is 49.2 cm³/mol. The fraction of sp³-hybridized carbons (Fsp3) is 0.889. The molecule has 0 aromatic rings. The van der Waals surface area contributed by atoms with Gasteiger partial charge in [0.05, 0.1) is 12.6 Å². The number of nitrogens with one attached hydrogen (secondary N) is 1. The van der Waals surface area contributed by atoms with Gasteiger partial charge in [-0.2, -0.15) is 0 Å². The van der Waals surface area contributed by atoms with E-state index in [-0.39, 0.29) is 25.4 Å². The maximum atomic E-state index is 10.9. The lowest BCUT2D eigenvalue weighted by atomic mass is 10.1. The minimum absolute atomic E-state index is 0.138. The number of aliphatic hydroxyl groups is 1. The predicted octanol–water partition coefficient (Wildman–Crippen LogP) is -0.393. The van der Waals surface area contributed by atoms with E-state index in [1.807, 2.05) is 0 Å². The molecule has 0 saturated carbocycles. The topological polar surface area (TPSA) is 77.0 Å². The van der Waals surface area contributed by atoms with E-state index in [9.17, 15) is 4.79 Å². The Morgan fingerprint density at radius 2 is 2.27 bits per heavy atom. The van der Waals surface area contributed by atoms with Gasteiger partial charge in [0.15, 0.2) is 5.79 Å². The molecule has 2 saturated heterocycles. The van der Waals surface area contributed by atoms with Crippen LogP contribution in [0.5, 0.6) is 0 Å². The number of rotatable bonds is 2. The van der Waals surface area contributed by atoms with Crippen LogP contribution in [0.3, 0.4) is 0 Å². The Morgan fingerprint density at radius 3 is 2.80 bits per heavy atom. The van der Waals surface area contributed by atoms with Gasteiger partial charge in [0, 0.05) is 0 Å². The lowest BCUT2D eigenvalue weighted by Crippen LogP contribution is -2.45. The summed E-state index contributed by atoms with van der Waals surface area (Å²) in [6.07, 6.45) is -1.24. The molecule has 1 amide bonds. The highest BCUT2D eigenvalue weighted by molar-refractivity contribution is 5.69. The van der Waals surface area contributed by atoms with Crippen LogP contribution in [-0.2, 0) is 14.2 Å². The third-order valence-electron chi connectivity index (χ3n) is 2.50. The Hall–Kier alpha value is -0.850. The van der Waals surface area contributed by atoms with E-state index in [1.54, 1.807) is 13.8 Å². The lowest BCUT2D eigenvalue weighted by Gasteiger charge is -2.20. The molecule has 2 aliphatic rings. The van der Waals surface area contributed by atoms with Gasteiger partial charge >= 0.3 is 6.09 Å². The average molecular weight is 217 g/mol. The van der Waals surface area contributed by atoms with Crippen LogP contribution < -0.4 is 5.32 Å². The van der Waals surface area contributed by atoms with Gasteiger partial charge in [-0.1, -0.05) is 0 Å². The van der Waals surface area contributed by atoms with E-state index in [0.29, 0.717) is 0 Å². The van der Waals surface area contributed by atoms with E-state index >= 15 is 0 Å². The zero-order valence-electron chi connectivity index (χ0n) is 8.73. The minimum atomic E-state index is -0.731. The second kappa shape index (κ2) is 3.62. The van der Waals surface area contributed by atoms with Crippen LogP contribution in [0.25, 0.3) is 0 Å². The second-order valence-corrected chi connectivity index (χ2v) is 4.17. The van der Waals surface area contributed by atoms with E-state index in [1.165, 1.54) is 0 Å². The van der Waals surface area contributed by atoms with Crippen LogP contribution >= 0.6 is 0 Å². The Balaban J connectivity index is 2.04. The molecular weight excluding hydrogens is 202 g/mol. The average Bonchev–Trinajstić information content (AvgIpc) is 2.69. The lowest BCUT2D eigenvalue weighted by molar-refractivity contribution is -0.150. The molecule has 2 rings (SSSR count). The largest absolute Gasteiger partial charge is 0.447 e. The van der Waals surface area contributed by atoms with Crippen molar-refractivity contribution >= 4 is 6.09 Å². The maximum absolute atomic E-state index is 10.9. The molecule has 0 aromatic carbocycles. The Morgan fingerprint density at radius 1 is 1.53 bits per heavy atom. The molecule has 86 valence electrons. The van der Waals surface area contributed by atoms with Gasteiger partial charge in [0.1, 0.15) is 18.8 Å². The first-order valence-corrected chi connectivity index (χ1v) is 4.91. The molecule has 6 heteroatoms. The number of amides is 1. The number of hydrogen-bond donors (Lipinski definition) is 2. The third-order valence-corrected chi connectivity index (χ3v) is 2.50. The van der Waals surface area contributed by atoms with Gasteiger partial charge in [-0.15, -0.1) is 0 Å². The smallest absolute Gasteiger partial charge is 0.407 e. The first-order chi connectivity index (χ1) is 7.02. The fourth-order valence-corrected chi connectivity index (χ4v) is 1.92. The van der Waals surface area contributed by atoms with Gasteiger partial charge in [0.25, 0.3) is 0 Å². The van der Waals surface area contributed by atoms with Gasteiger partial charge in [-0.3, -0.25) is 0 Å². The normalized spacial score (nSPS) is 38.9. The summed E-state index contributed by atoms with van der Waals surface area (Å²) in [6, 6.07) is -0.253. The molecule has 2 heterocycles. The number of carbonyl (C=O) groups is 1. The molecular formula is C9H15NO5. The number of hydrogen-bond acceptors (Lipinski definition) is 5. The summed E-state index contributed by atoms with van der Waals surface area (Å²) in [5.41, 5.74) is 0. The number of cyclic esters (lactones) is 1. The van der Waals surface area contributed by atoms with Crippen molar-refractivity contribution in [1.82, 2.24) is 5.32 Å². The first-order valence-electron chi connectivity index (χ1n) is 4.91. The Kier molecular flexibility index (Phi) is 2.57. The highest BCUT2D eigenvalue weighted by Gasteiger charge is 2.47. The van der Waals surface area contributed by atoms with Crippen molar-refractivity contribution < 1.29 is 24.1 Å². The third kappa shape index (κ3) is 2.06.